The first kappa shape index (κ1) is 12.6. The summed E-state index contributed by atoms with van der Waals surface area (Å²) in [6.45, 7) is 0.109. The van der Waals surface area contributed by atoms with Gasteiger partial charge in [0.15, 0.2) is 12.0 Å². The van der Waals surface area contributed by atoms with Crippen LogP contribution in [0.4, 0.5) is 8.78 Å². The zero-order chi connectivity index (χ0) is 13.1. The van der Waals surface area contributed by atoms with Gasteiger partial charge in [-0.25, -0.2) is 13.5 Å². The van der Waals surface area contributed by atoms with Gasteiger partial charge in [0.2, 0.25) is 0 Å². The number of alkyl halides is 2. The normalized spacial score (nSPS) is 10.9. The van der Waals surface area contributed by atoms with Crippen molar-refractivity contribution in [2.75, 3.05) is 0 Å². The van der Waals surface area contributed by atoms with E-state index in [1.165, 1.54) is 0 Å². The Kier molecular flexibility index (Phi) is 3.66. The Labute approximate surface area is 106 Å². The van der Waals surface area contributed by atoms with Gasteiger partial charge in [0.05, 0.1) is 6.54 Å². The number of carbonyl (C=O) groups is 1. The number of benzene rings is 1. The molecule has 2 aromatic rings. The lowest BCUT2D eigenvalue weighted by Gasteiger charge is -2.06. The molecule has 0 bridgehead atoms. The minimum absolute atomic E-state index is 0.109. The topological polar surface area (TPSA) is 47.8 Å². The Morgan fingerprint density at radius 1 is 1.33 bits per heavy atom. The Balaban J connectivity index is 2.31. The first-order valence-electron chi connectivity index (χ1n) is 5.03. The molecule has 0 aliphatic rings. The van der Waals surface area contributed by atoms with Gasteiger partial charge in [0.25, 0.3) is 6.43 Å². The molecule has 1 aromatic carbocycles. The number of aromatic nitrogens is 3. The zero-order valence-electron chi connectivity index (χ0n) is 9.05. The molecule has 2 rings (SSSR count). The summed E-state index contributed by atoms with van der Waals surface area (Å²) in [6, 6.07) is 6.69. The molecular formula is C11H8ClF2N3O. The Morgan fingerprint density at radius 3 is 2.56 bits per heavy atom. The molecule has 0 aliphatic carbocycles. The molecule has 0 saturated heterocycles. The highest BCUT2D eigenvalue weighted by Gasteiger charge is 2.21. The molecule has 0 saturated carbocycles. The minimum Gasteiger partial charge on any atom is -0.296 e. The molecule has 0 unspecified atom stereocenters. The smallest absolute Gasteiger partial charge is 0.282 e. The fraction of sp³-hybridized carbons (Fsp3) is 0.182. The molecule has 1 aromatic heterocycles. The SMILES string of the molecule is O=Cc1nnn(Cc2ccc(Cl)cc2)c1C(F)F. The van der Waals surface area contributed by atoms with Crippen LogP contribution in [0.25, 0.3) is 0 Å². The monoisotopic (exact) mass is 271 g/mol. The highest BCUT2D eigenvalue weighted by Crippen LogP contribution is 2.21. The van der Waals surface area contributed by atoms with Crippen LogP contribution in [0.15, 0.2) is 24.3 Å². The van der Waals surface area contributed by atoms with E-state index in [0.717, 1.165) is 10.2 Å². The van der Waals surface area contributed by atoms with E-state index in [9.17, 15) is 13.6 Å². The summed E-state index contributed by atoms with van der Waals surface area (Å²) < 4.78 is 26.6. The lowest BCUT2D eigenvalue weighted by molar-refractivity contribution is 0.109. The van der Waals surface area contributed by atoms with E-state index in [0.29, 0.717) is 5.02 Å². The van der Waals surface area contributed by atoms with Gasteiger partial charge in [-0.3, -0.25) is 4.79 Å². The van der Waals surface area contributed by atoms with Gasteiger partial charge in [-0.1, -0.05) is 28.9 Å². The van der Waals surface area contributed by atoms with Crippen LogP contribution in [0.5, 0.6) is 0 Å². The fourth-order valence-corrected chi connectivity index (χ4v) is 1.65. The molecule has 0 radical (unpaired) electrons. The molecule has 0 aliphatic heterocycles. The van der Waals surface area contributed by atoms with Crippen molar-refractivity contribution in [3.63, 3.8) is 0 Å². The number of aldehydes is 1. The van der Waals surface area contributed by atoms with E-state index in [2.05, 4.69) is 10.3 Å². The van der Waals surface area contributed by atoms with Crippen molar-refractivity contribution in [2.24, 2.45) is 0 Å². The first-order valence-corrected chi connectivity index (χ1v) is 5.40. The summed E-state index contributed by atoms with van der Waals surface area (Å²) in [5.41, 5.74) is -0.0671. The molecule has 0 spiro atoms. The van der Waals surface area contributed by atoms with Crippen LogP contribution >= 0.6 is 11.6 Å². The second-order valence-electron chi connectivity index (χ2n) is 3.56. The van der Waals surface area contributed by atoms with Crippen molar-refractivity contribution in [1.29, 1.82) is 0 Å². The summed E-state index contributed by atoms with van der Waals surface area (Å²) in [7, 11) is 0. The van der Waals surface area contributed by atoms with Crippen LogP contribution in [-0.4, -0.2) is 21.3 Å². The predicted octanol–water partition coefficient (Wildman–Crippen LogP) is 2.73. The van der Waals surface area contributed by atoms with E-state index in [1.807, 2.05) is 0 Å². The Bertz CT molecular complexity index is 554. The lowest BCUT2D eigenvalue weighted by atomic mass is 10.2. The van der Waals surface area contributed by atoms with Gasteiger partial charge in [0, 0.05) is 5.02 Å². The number of hydrogen-bond donors (Lipinski definition) is 0. The third-order valence-corrected chi connectivity index (χ3v) is 2.62. The van der Waals surface area contributed by atoms with Gasteiger partial charge in [-0.05, 0) is 17.7 Å². The quantitative estimate of drug-likeness (QED) is 0.804. The molecule has 1 heterocycles. The highest BCUT2D eigenvalue weighted by molar-refractivity contribution is 6.30. The number of halogens is 3. The first-order chi connectivity index (χ1) is 8.61. The largest absolute Gasteiger partial charge is 0.296 e. The molecule has 0 fully saturated rings. The van der Waals surface area contributed by atoms with Crippen molar-refractivity contribution in [2.45, 2.75) is 13.0 Å². The van der Waals surface area contributed by atoms with E-state index >= 15 is 0 Å². The zero-order valence-corrected chi connectivity index (χ0v) is 9.81. The number of rotatable bonds is 4. The van der Waals surface area contributed by atoms with E-state index < -0.39 is 12.1 Å². The lowest BCUT2D eigenvalue weighted by Crippen LogP contribution is -2.07. The molecular weight excluding hydrogens is 264 g/mol. The molecule has 0 atom stereocenters. The van der Waals surface area contributed by atoms with Crippen molar-refractivity contribution in [1.82, 2.24) is 15.0 Å². The number of carbonyl (C=O) groups excluding carboxylic acids is 1. The standard InChI is InChI=1S/C11H8ClF2N3O/c12-8-3-1-7(2-4-8)5-17-10(11(13)14)9(6-18)15-16-17/h1-4,6,11H,5H2. The maximum atomic E-state index is 12.8. The van der Waals surface area contributed by atoms with Gasteiger partial charge in [-0.15, -0.1) is 5.10 Å². The molecule has 4 nitrogen and oxygen atoms in total. The number of hydrogen-bond acceptors (Lipinski definition) is 3. The van der Waals surface area contributed by atoms with Gasteiger partial charge in [0.1, 0.15) is 5.69 Å². The summed E-state index contributed by atoms with van der Waals surface area (Å²) in [5.74, 6) is 0. The van der Waals surface area contributed by atoms with Crippen LogP contribution in [-0.2, 0) is 6.54 Å². The minimum atomic E-state index is -2.80. The summed E-state index contributed by atoms with van der Waals surface area (Å²) in [5, 5.41) is 7.51. The maximum Gasteiger partial charge on any atom is 0.282 e. The molecule has 0 N–H and O–H groups in total. The molecule has 0 amide bonds. The van der Waals surface area contributed by atoms with Crippen LogP contribution in [0.1, 0.15) is 28.2 Å². The van der Waals surface area contributed by atoms with E-state index in [-0.39, 0.29) is 18.5 Å². The van der Waals surface area contributed by atoms with Crippen molar-refractivity contribution < 1.29 is 13.6 Å². The number of nitrogens with zero attached hydrogens (tertiary/aromatic N) is 3. The van der Waals surface area contributed by atoms with E-state index in [1.54, 1.807) is 24.3 Å². The average Bonchev–Trinajstić information content (AvgIpc) is 2.75. The molecule has 94 valence electrons. The highest BCUT2D eigenvalue weighted by atomic mass is 35.5. The maximum absolute atomic E-state index is 12.8. The van der Waals surface area contributed by atoms with Crippen LogP contribution < -0.4 is 0 Å². The summed E-state index contributed by atoms with van der Waals surface area (Å²) in [4.78, 5) is 10.6. The van der Waals surface area contributed by atoms with E-state index in [4.69, 9.17) is 11.6 Å². The van der Waals surface area contributed by atoms with Crippen LogP contribution in [0.3, 0.4) is 0 Å². The van der Waals surface area contributed by atoms with Gasteiger partial charge < -0.3 is 0 Å². The van der Waals surface area contributed by atoms with Crippen molar-refractivity contribution >= 4 is 17.9 Å². The molecule has 18 heavy (non-hydrogen) atoms. The predicted molar refractivity (Wildman–Crippen MR) is 60.9 cm³/mol. The third-order valence-electron chi connectivity index (χ3n) is 2.36. The van der Waals surface area contributed by atoms with Crippen LogP contribution in [0, 0.1) is 0 Å². The second kappa shape index (κ2) is 5.22. The van der Waals surface area contributed by atoms with Gasteiger partial charge >= 0.3 is 0 Å². The Morgan fingerprint density at radius 2 is 2.00 bits per heavy atom. The van der Waals surface area contributed by atoms with Crippen molar-refractivity contribution in [3.8, 4) is 0 Å². The molecule has 7 heteroatoms. The van der Waals surface area contributed by atoms with Gasteiger partial charge in [-0.2, -0.15) is 0 Å². The average molecular weight is 272 g/mol. The summed E-state index contributed by atoms with van der Waals surface area (Å²) >= 11 is 5.72. The van der Waals surface area contributed by atoms with Crippen molar-refractivity contribution in [3.05, 3.63) is 46.2 Å². The summed E-state index contributed by atoms with van der Waals surface area (Å²) in [6.07, 6.45) is -2.53. The second-order valence-corrected chi connectivity index (χ2v) is 4.00. The van der Waals surface area contributed by atoms with Crippen LogP contribution in [0.2, 0.25) is 5.02 Å². The Hall–Kier alpha value is -1.82. The third kappa shape index (κ3) is 2.53. The fourth-order valence-electron chi connectivity index (χ4n) is 1.52.